The van der Waals surface area contributed by atoms with E-state index in [0.717, 1.165) is 11.3 Å². The summed E-state index contributed by atoms with van der Waals surface area (Å²) in [5, 5.41) is 9.08. The Balaban J connectivity index is 2.81. The smallest absolute Gasteiger partial charge is 0.119 e. The molecule has 3 heteroatoms. The number of benzene rings is 1. The molecule has 1 rings (SSSR count). The topological polar surface area (TPSA) is 55.5 Å². The van der Waals surface area contributed by atoms with E-state index in [1.54, 1.807) is 0 Å². The van der Waals surface area contributed by atoms with E-state index < -0.39 is 0 Å². The first-order chi connectivity index (χ1) is 6.81. The monoisotopic (exact) mass is 195 g/mol. The molecule has 0 spiro atoms. The molecule has 0 aliphatic heterocycles. The lowest BCUT2D eigenvalue weighted by Gasteiger charge is -2.13. The third-order valence-corrected chi connectivity index (χ3v) is 2.15. The van der Waals surface area contributed by atoms with E-state index in [2.05, 4.69) is 0 Å². The van der Waals surface area contributed by atoms with Crippen LogP contribution in [-0.4, -0.2) is 24.9 Å². The Morgan fingerprint density at radius 1 is 1.50 bits per heavy atom. The van der Waals surface area contributed by atoms with Gasteiger partial charge in [0.2, 0.25) is 0 Å². The van der Waals surface area contributed by atoms with Crippen molar-refractivity contribution in [2.24, 2.45) is 5.73 Å². The molecule has 1 atom stereocenters. The minimum absolute atomic E-state index is 0.00964. The third kappa shape index (κ3) is 2.72. The lowest BCUT2D eigenvalue weighted by molar-refractivity contribution is 0.267. The fourth-order valence-electron chi connectivity index (χ4n) is 1.34. The summed E-state index contributed by atoms with van der Waals surface area (Å²) in [6.45, 7) is 3.12. The summed E-state index contributed by atoms with van der Waals surface area (Å²) >= 11 is 0. The molecule has 1 aromatic rings. The number of ether oxygens (including phenoxy) is 1. The number of rotatable bonds is 5. The maximum absolute atomic E-state index is 9.08. The molecule has 0 saturated carbocycles. The van der Waals surface area contributed by atoms with Gasteiger partial charge >= 0.3 is 0 Å². The van der Waals surface area contributed by atoms with Crippen LogP contribution in [-0.2, 0) is 0 Å². The van der Waals surface area contributed by atoms with Gasteiger partial charge in [-0.1, -0.05) is 12.1 Å². The number of hydrogen-bond donors (Lipinski definition) is 2. The Kier molecular flexibility index (Phi) is 4.43. The van der Waals surface area contributed by atoms with Crippen LogP contribution in [0.2, 0.25) is 0 Å². The summed E-state index contributed by atoms with van der Waals surface area (Å²) in [7, 11) is 0. The minimum Gasteiger partial charge on any atom is -0.494 e. The molecule has 3 nitrogen and oxygen atoms in total. The zero-order valence-corrected chi connectivity index (χ0v) is 8.44. The predicted octanol–water partition coefficient (Wildman–Crippen LogP) is 1.12. The summed E-state index contributed by atoms with van der Waals surface area (Å²) < 4.78 is 5.36. The highest BCUT2D eigenvalue weighted by atomic mass is 16.5. The van der Waals surface area contributed by atoms with E-state index in [-0.39, 0.29) is 12.5 Å². The van der Waals surface area contributed by atoms with Crippen molar-refractivity contribution in [3.63, 3.8) is 0 Å². The van der Waals surface area contributed by atoms with Crippen molar-refractivity contribution >= 4 is 0 Å². The fraction of sp³-hybridized carbons (Fsp3) is 0.455. The Labute approximate surface area is 84.5 Å². The molecule has 0 heterocycles. The number of nitrogens with two attached hydrogens (primary N) is 1. The van der Waals surface area contributed by atoms with Crippen LogP contribution >= 0.6 is 0 Å². The minimum atomic E-state index is 0.00964. The van der Waals surface area contributed by atoms with Crippen molar-refractivity contribution < 1.29 is 9.84 Å². The van der Waals surface area contributed by atoms with Crippen molar-refractivity contribution in [1.29, 1.82) is 0 Å². The number of aliphatic hydroxyl groups is 1. The van der Waals surface area contributed by atoms with Crippen LogP contribution in [0.25, 0.3) is 0 Å². The molecule has 0 fully saturated rings. The molecule has 0 amide bonds. The van der Waals surface area contributed by atoms with E-state index in [1.807, 2.05) is 31.2 Å². The summed E-state index contributed by atoms with van der Waals surface area (Å²) in [5.74, 6) is 0.840. The van der Waals surface area contributed by atoms with Crippen LogP contribution in [0, 0.1) is 0 Å². The molecule has 1 unspecified atom stereocenters. The van der Waals surface area contributed by atoms with E-state index in [4.69, 9.17) is 15.6 Å². The lowest BCUT2D eigenvalue weighted by atomic mass is 10.0. The third-order valence-electron chi connectivity index (χ3n) is 2.15. The van der Waals surface area contributed by atoms with Gasteiger partial charge in [0.25, 0.3) is 0 Å². The van der Waals surface area contributed by atoms with Crippen LogP contribution in [0.4, 0.5) is 0 Å². The summed E-state index contributed by atoms with van der Waals surface area (Å²) in [6, 6.07) is 7.70. The molecule has 3 N–H and O–H groups in total. The van der Waals surface area contributed by atoms with Crippen molar-refractivity contribution in [2.45, 2.75) is 12.8 Å². The average Bonchev–Trinajstić information content (AvgIpc) is 2.21. The van der Waals surface area contributed by atoms with Gasteiger partial charge in [0, 0.05) is 12.5 Å². The highest BCUT2D eigenvalue weighted by Crippen LogP contribution is 2.19. The highest BCUT2D eigenvalue weighted by molar-refractivity contribution is 5.31. The van der Waals surface area contributed by atoms with Gasteiger partial charge in [0.05, 0.1) is 13.2 Å². The van der Waals surface area contributed by atoms with Crippen LogP contribution in [0.15, 0.2) is 24.3 Å². The zero-order chi connectivity index (χ0) is 10.4. The second-order valence-electron chi connectivity index (χ2n) is 3.12. The molecular formula is C11H17NO2. The quantitative estimate of drug-likeness (QED) is 0.740. The van der Waals surface area contributed by atoms with Crippen LogP contribution in [0.5, 0.6) is 5.75 Å². The number of aliphatic hydroxyl groups excluding tert-OH is 1. The highest BCUT2D eigenvalue weighted by Gasteiger charge is 2.08. The van der Waals surface area contributed by atoms with Gasteiger partial charge in [0.1, 0.15) is 5.75 Å². The van der Waals surface area contributed by atoms with Crippen molar-refractivity contribution in [1.82, 2.24) is 0 Å². The molecule has 0 aliphatic carbocycles. The first-order valence-electron chi connectivity index (χ1n) is 4.85. The van der Waals surface area contributed by atoms with E-state index in [9.17, 15) is 0 Å². The van der Waals surface area contributed by atoms with Crippen LogP contribution in [0.3, 0.4) is 0 Å². The average molecular weight is 195 g/mol. The molecule has 14 heavy (non-hydrogen) atoms. The van der Waals surface area contributed by atoms with Gasteiger partial charge in [-0.05, 0) is 24.6 Å². The SMILES string of the molecule is CCOc1cccc(C(CN)CO)c1. The van der Waals surface area contributed by atoms with Gasteiger partial charge in [-0.25, -0.2) is 0 Å². The van der Waals surface area contributed by atoms with Crippen LogP contribution in [0.1, 0.15) is 18.4 Å². The summed E-state index contributed by atoms with van der Waals surface area (Å²) in [5.41, 5.74) is 6.57. The first-order valence-corrected chi connectivity index (χ1v) is 4.85. The maximum atomic E-state index is 9.08. The summed E-state index contributed by atoms with van der Waals surface area (Å²) in [6.07, 6.45) is 0. The second-order valence-corrected chi connectivity index (χ2v) is 3.12. The second kappa shape index (κ2) is 5.62. The Bertz CT molecular complexity index is 272. The van der Waals surface area contributed by atoms with Gasteiger partial charge in [-0.2, -0.15) is 0 Å². The summed E-state index contributed by atoms with van der Waals surface area (Å²) in [4.78, 5) is 0. The van der Waals surface area contributed by atoms with Crippen molar-refractivity contribution in [3.8, 4) is 5.75 Å². The van der Waals surface area contributed by atoms with E-state index in [0.29, 0.717) is 13.2 Å². The zero-order valence-electron chi connectivity index (χ0n) is 8.44. The lowest BCUT2D eigenvalue weighted by Crippen LogP contribution is -2.15. The molecule has 78 valence electrons. The van der Waals surface area contributed by atoms with Gasteiger partial charge < -0.3 is 15.6 Å². The van der Waals surface area contributed by atoms with Gasteiger partial charge in [-0.15, -0.1) is 0 Å². The predicted molar refractivity (Wildman–Crippen MR) is 56.5 cm³/mol. The molecular weight excluding hydrogens is 178 g/mol. The fourth-order valence-corrected chi connectivity index (χ4v) is 1.34. The van der Waals surface area contributed by atoms with Gasteiger partial charge in [0.15, 0.2) is 0 Å². The molecule has 0 radical (unpaired) electrons. The number of hydrogen-bond acceptors (Lipinski definition) is 3. The largest absolute Gasteiger partial charge is 0.494 e. The standard InChI is InChI=1S/C11H17NO2/c1-2-14-11-5-3-4-9(6-11)10(7-12)8-13/h3-6,10,13H,2,7-8,12H2,1H3. The van der Waals surface area contributed by atoms with E-state index in [1.165, 1.54) is 0 Å². The Morgan fingerprint density at radius 2 is 2.29 bits per heavy atom. The van der Waals surface area contributed by atoms with Crippen molar-refractivity contribution in [3.05, 3.63) is 29.8 Å². The molecule has 0 saturated heterocycles. The van der Waals surface area contributed by atoms with Gasteiger partial charge in [-0.3, -0.25) is 0 Å². The first kappa shape index (κ1) is 11.0. The van der Waals surface area contributed by atoms with Crippen molar-refractivity contribution in [2.75, 3.05) is 19.8 Å². The van der Waals surface area contributed by atoms with E-state index >= 15 is 0 Å². The maximum Gasteiger partial charge on any atom is 0.119 e. The normalized spacial score (nSPS) is 12.5. The molecule has 0 aromatic heterocycles. The molecule has 0 aliphatic rings. The Morgan fingerprint density at radius 3 is 2.86 bits per heavy atom. The molecule has 1 aromatic carbocycles. The van der Waals surface area contributed by atoms with Crippen LogP contribution < -0.4 is 10.5 Å². The Hall–Kier alpha value is -1.06. The molecule has 0 bridgehead atoms.